The minimum Gasteiger partial charge on any atom is -0.434 e. The summed E-state index contributed by atoms with van der Waals surface area (Å²) in [6.45, 7) is 1.94. The summed E-state index contributed by atoms with van der Waals surface area (Å²) in [7, 11) is 0. The predicted octanol–water partition coefficient (Wildman–Crippen LogP) is 2.98. The number of nitrogens with two attached hydrogens (primary N) is 1. The number of aromatic nitrogens is 2. The Hall–Kier alpha value is -2.41. The van der Waals surface area contributed by atoms with Gasteiger partial charge in [-0.15, -0.1) is 0 Å². The molecule has 0 amide bonds. The minimum atomic E-state index is -0.679. The number of anilines is 1. The first-order valence-corrected chi connectivity index (χ1v) is 6.11. The summed E-state index contributed by atoms with van der Waals surface area (Å²) in [6.07, 6.45) is 1.82. The van der Waals surface area contributed by atoms with Crippen LogP contribution in [0.2, 0.25) is 5.02 Å². The zero-order valence-corrected chi connectivity index (χ0v) is 11.3. The van der Waals surface area contributed by atoms with Crippen molar-refractivity contribution < 1.29 is 9.66 Å². The Morgan fingerprint density at radius 3 is 2.85 bits per heavy atom. The number of rotatable bonds is 4. The fraction of sp³-hybridized carbons (Fsp3) is 0.167. The molecule has 0 aliphatic heterocycles. The SMILES string of the molecule is CCc1cc(Oc2ncnc(N)c2[N+](=O)[O-])ccc1Cl. The van der Waals surface area contributed by atoms with Gasteiger partial charge in [-0.25, -0.2) is 4.98 Å². The lowest BCUT2D eigenvalue weighted by Gasteiger charge is -2.08. The molecule has 1 aromatic carbocycles. The Bertz CT molecular complexity index is 663. The van der Waals surface area contributed by atoms with Crippen molar-refractivity contribution in [2.75, 3.05) is 5.73 Å². The molecule has 2 rings (SSSR count). The van der Waals surface area contributed by atoms with Gasteiger partial charge in [0.15, 0.2) is 0 Å². The van der Waals surface area contributed by atoms with E-state index in [1.165, 1.54) is 0 Å². The molecule has 2 N–H and O–H groups in total. The van der Waals surface area contributed by atoms with Crippen molar-refractivity contribution in [3.05, 3.63) is 45.2 Å². The van der Waals surface area contributed by atoms with Crippen LogP contribution in [-0.2, 0) is 6.42 Å². The molecule has 0 radical (unpaired) electrons. The van der Waals surface area contributed by atoms with Crippen molar-refractivity contribution in [2.45, 2.75) is 13.3 Å². The number of hydrogen-bond acceptors (Lipinski definition) is 6. The molecule has 0 saturated heterocycles. The predicted molar refractivity (Wildman–Crippen MR) is 74.0 cm³/mol. The van der Waals surface area contributed by atoms with Gasteiger partial charge in [-0.1, -0.05) is 18.5 Å². The molecule has 8 heteroatoms. The third-order valence-corrected chi connectivity index (χ3v) is 2.98. The second kappa shape index (κ2) is 5.70. The van der Waals surface area contributed by atoms with Gasteiger partial charge < -0.3 is 10.5 Å². The number of ether oxygens (including phenoxy) is 1. The summed E-state index contributed by atoms with van der Waals surface area (Å²) in [4.78, 5) is 17.6. The number of halogens is 1. The lowest BCUT2D eigenvalue weighted by Crippen LogP contribution is -2.02. The van der Waals surface area contributed by atoms with E-state index in [9.17, 15) is 10.1 Å². The fourth-order valence-corrected chi connectivity index (χ4v) is 1.87. The van der Waals surface area contributed by atoms with E-state index in [-0.39, 0.29) is 11.7 Å². The first kappa shape index (κ1) is 14.0. The topological polar surface area (TPSA) is 104 Å². The van der Waals surface area contributed by atoms with Crippen molar-refractivity contribution in [1.82, 2.24) is 9.97 Å². The quantitative estimate of drug-likeness (QED) is 0.686. The molecule has 0 bridgehead atoms. The number of benzene rings is 1. The summed E-state index contributed by atoms with van der Waals surface area (Å²) in [6, 6.07) is 4.96. The zero-order valence-electron chi connectivity index (χ0n) is 10.5. The van der Waals surface area contributed by atoms with Crippen LogP contribution < -0.4 is 10.5 Å². The van der Waals surface area contributed by atoms with Crippen LogP contribution >= 0.6 is 11.6 Å². The molecule has 0 atom stereocenters. The van der Waals surface area contributed by atoms with Crippen LogP contribution in [0, 0.1) is 10.1 Å². The van der Waals surface area contributed by atoms with Crippen molar-refractivity contribution in [1.29, 1.82) is 0 Å². The van der Waals surface area contributed by atoms with Crippen LogP contribution in [-0.4, -0.2) is 14.9 Å². The third-order valence-electron chi connectivity index (χ3n) is 2.61. The van der Waals surface area contributed by atoms with Crippen LogP contribution in [0.3, 0.4) is 0 Å². The average molecular weight is 295 g/mol. The molecular weight excluding hydrogens is 284 g/mol. The van der Waals surface area contributed by atoms with Crippen molar-refractivity contribution in [3.63, 3.8) is 0 Å². The molecule has 20 heavy (non-hydrogen) atoms. The highest BCUT2D eigenvalue weighted by Gasteiger charge is 2.23. The van der Waals surface area contributed by atoms with E-state index in [1.807, 2.05) is 6.92 Å². The van der Waals surface area contributed by atoms with E-state index in [2.05, 4.69) is 9.97 Å². The van der Waals surface area contributed by atoms with Gasteiger partial charge in [-0.2, -0.15) is 4.98 Å². The van der Waals surface area contributed by atoms with E-state index >= 15 is 0 Å². The Kier molecular flexibility index (Phi) is 3.99. The van der Waals surface area contributed by atoms with Gasteiger partial charge in [0.25, 0.3) is 0 Å². The van der Waals surface area contributed by atoms with Crippen LogP contribution in [0.25, 0.3) is 0 Å². The number of nitro groups is 1. The van der Waals surface area contributed by atoms with Gasteiger partial charge in [0.1, 0.15) is 12.1 Å². The lowest BCUT2D eigenvalue weighted by molar-refractivity contribution is -0.385. The monoisotopic (exact) mass is 294 g/mol. The molecular formula is C12H11ClN4O3. The van der Waals surface area contributed by atoms with Crippen LogP contribution in [0.4, 0.5) is 11.5 Å². The van der Waals surface area contributed by atoms with E-state index in [0.717, 1.165) is 11.9 Å². The Labute approximate surface area is 119 Å². The van der Waals surface area contributed by atoms with Crippen molar-refractivity contribution in [3.8, 4) is 11.6 Å². The summed E-state index contributed by atoms with van der Waals surface area (Å²) >= 11 is 6.00. The van der Waals surface area contributed by atoms with Crippen LogP contribution in [0.1, 0.15) is 12.5 Å². The summed E-state index contributed by atoms with van der Waals surface area (Å²) < 4.78 is 5.42. The number of nitrogens with zero attached hydrogens (tertiary/aromatic N) is 3. The maximum atomic E-state index is 11.0. The van der Waals surface area contributed by atoms with Gasteiger partial charge in [-0.3, -0.25) is 10.1 Å². The molecule has 0 aliphatic carbocycles. The van der Waals surface area contributed by atoms with Gasteiger partial charge in [0.05, 0.1) is 4.92 Å². The molecule has 104 valence electrons. The Balaban J connectivity index is 2.40. The molecule has 0 aliphatic rings. The van der Waals surface area contributed by atoms with Gasteiger partial charge in [-0.05, 0) is 30.2 Å². The molecule has 1 heterocycles. The van der Waals surface area contributed by atoms with Crippen molar-refractivity contribution in [2.24, 2.45) is 0 Å². The van der Waals surface area contributed by atoms with Gasteiger partial charge >= 0.3 is 11.6 Å². The van der Waals surface area contributed by atoms with E-state index < -0.39 is 10.6 Å². The van der Waals surface area contributed by atoms with Gasteiger partial charge in [0, 0.05) is 5.02 Å². The second-order valence-electron chi connectivity index (χ2n) is 3.88. The summed E-state index contributed by atoms with van der Waals surface area (Å²) in [5.41, 5.74) is 5.87. The van der Waals surface area contributed by atoms with Gasteiger partial charge in [0.2, 0.25) is 5.82 Å². The Morgan fingerprint density at radius 1 is 1.45 bits per heavy atom. The first-order chi connectivity index (χ1) is 9.52. The normalized spacial score (nSPS) is 10.3. The highest BCUT2D eigenvalue weighted by Crippen LogP contribution is 2.33. The van der Waals surface area contributed by atoms with E-state index in [4.69, 9.17) is 22.1 Å². The smallest absolute Gasteiger partial charge is 0.372 e. The maximum absolute atomic E-state index is 11.0. The van der Waals surface area contributed by atoms with Crippen LogP contribution in [0.5, 0.6) is 11.6 Å². The average Bonchev–Trinajstić information content (AvgIpc) is 2.40. The van der Waals surface area contributed by atoms with E-state index in [1.54, 1.807) is 18.2 Å². The molecule has 2 aromatic rings. The maximum Gasteiger partial charge on any atom is 0.372 e. The lowest BCUT2D eigenvalue weighted by atomic mass is 10.1. The highest BCUT2D eigenvalue weighted by molar-refractivity contribution is 6.31. The molecule has 0 fully saturated rings. The summed E-state index contributed by atoms with van der Waals surface area (Å²) in [5, 5.41) is 11.6. The Morgan fingerprint density at radius 2 is 2.20 bits per heavy atom. The molecule has 1 aromatic heterocycles. The molecule has 0 saturated carbocycles. The highest BCUT2D eigenvalue weighted by atomic mass is 35.5. The standard InChI is InChI=1S/C12H11ClN4O3/c1-2-7-5-8(3-4-9(7)13)20-12-10(17(18)19)11(14)15-6-16-12/h3-6H,2H2,1H3,(H2,14,15,16). The zero-order chi connectivity index (χ0) is 14.7. The summed E-state index contributed by atoms with van der Waals surface area (Å²) in [5.74, 6) is -0.0518. The van der Waals surface area contributed by atoms with Crippen LogP contribution in [0.15, 0.2) is 24.5 Å². The third kappa shape index (κ3) is 2.77. The first-order valence-electron chi connectivity index (χ1n) is 5.74. The number of hydrogen-bond donors (Lipinski definition) is 1. The van der Waals surface area contributed by atoms with E-state index in [0.29, 0.717) is 17.2 Å². The molecule has 7 nitrogen and oxygen atoms in total. The fourth-order valence-electron chi connectivity index (χ4n) is 1.62. The number of nitrogen functional groups attached to an aromatic ring is 1. The molecule has 0 spiro atoms. The largest absolute Gasteiger partial charge is 0.434 e. The second-order valence-corrected chi connectivity index (χ2v) is 4.29. The molecule has 0 unspecified atom stereocenters. The minimum absolute atomic E-state index is 0.202. The van der Waals surface area contributed by atoms with Crippen molar-refractivity contribution >= 4 is 23.1 Å². The number of aryl methyl sites for hydroxylation is 1.